The number of anilines is 6. The Bertz CT molecular complexity index is 3210. The maximum atomic E-state index is 9.51. The van der Waals surface area contributed by atoms with Crippen molar-refractivity contribution in [2.24, 2.45) is 0 Å². The molecule has 10 aromatic carbocycles. The van der Waals surface area contributed by atoms with Crippen LogP contribution in [0.15, 0.2) is 206 Å². The Morgan fingerprint density at radius 1 is 0.202 bits per heavy atom. The molecule has 2 aliphatic carbocycles. The van der Waals surface area contributed by atoms with E-state index in [1.807, 2.05) is 241 Å². The van der Waals surface area contributed by atoms with E-state index in [9.17, 15) is 20.4 Å². The summed E-state index contributed by atoms with van der Waals surface area (Å²) >= 11 is 0. The van der Waals surface area contributed by atoms with Crippen molar-refractivity contribution in [1.82, 2.24) is 0 Å². The second-order valence-corrected chi connectivity index (χ2v) is 25.3. The van der Waals surface area contributed by atoms with Crippen molar-refractivity contribution in [3.63, 3.8) is 0 Å². The van der Waals surface area contributed by atoms with Crippen molar-refractivity contribution in [2.45, 2.75) is 158 Å². The Hall–Kier alpha value is -9.80. The van der Waals surface area contributed by atoms with Crippen LogP contribution >= 0.6 is 0 Å². The molecule has 0 unspecified atom stereocenters. The number of benzene rings is 10. The highest BCUT2D eigenvalue weighted by Crippen LogP contribution is 2.47. The summed E-state index contributed by atoms with van der Waals surface area (Å²) in [5, 5.41) is 38.1. The van der Waals surface area contributed by atoms with Gasteiger partial charge in [-0.15, -0.1) is 0 Å². The molecule has 10 nitrogen and oxygen atoms in total. The molecule has 496 valence electrons. The molecule has 0 aliphatic heterocycles. The maximum absolute atomic E-state index is 9.51. The first-order chi connectivity index (χ1) is 44.7. The van der Waals surface area contributed by atoms with Crippen LogP contribution in [0.25, 0.3) is 0 Å². The Kier molecular flexibility index (Phi) is 29.0. The van der Waals surface area contributed by atoms with Gasteiger partial charge < -0.3 is 54.8 Å². The van der Waals surface area contributed by atoms with Crippen molar-refractivity contribution in [1.29, 1.82) is 0 Å². The Balaban J connectivity index is 0.000000201. The van der Waals surface area contributed by atoms with Gasteiger partial charge in [0.2, 0.25) is 0 Å². The molecule has 12 rings (SSSR count). The molecular weight excluding hydrogens is 1160 g/mol. The number of aryl methyl sites for hydroxylation is 12. The van der Waals surface area contributed by atoms with Crippen LogP contribution in [0.2, 0.25) is 0 Å². The molecule has 10 aromatic rings. The average Bonchev–Trinajstić information content (AvgIpc) is 0.781. The van der Waals surface area contributed by atoms with E-state index in [2.05, 4.69) is 0 Å². The van der Waals surface area contributed by atoms with Crippen LogP contribution in [0.3, 0.4) is 0 Å². The lowest BCUT2D eigenvalue weighted by Gasteiger charge is -2.38. The summed E-state index contributed by atoms with van der Waals surface area (Å²) < 4.78 is 0. The lowest BCUT2D eigenvalue weighted by atomic mass is 9.65. The minimum Gasteiger partial charge on any atom is -0.508 e. The Morgan fingerprint density at radius 3 is 0.447 bits per heavy atom. The summed E-state index contributed by atoms with van der Waals surface area (Å²) in [4.78, 5) is 0. The average molecular weight is 1260 g/mol. The third kappa shape index (κ3) is 21.7. The predicted molar refractivity (Wildman–Crippen MR) is 402 cm³/mol. The Labute approximate surface area is 562 Å². The second kappa shape index (κ2) is 36.4. The number of aromatic hydroxyl groups is 4. The second-order valence-electron chi connectivity index (χ2n) is 25.3. The van der Waals surface area contributed by atoms with Gasteiger partial charge in [0.1, 0.15) is 23.0 Å². The van der Waals surface area contributed by atoms with Gasteiger partial charge in [-0.2, -0.15) is 0 Å². The fraction of sp³-hybridized carbons (Fsp3) is 0.286. The standard InChI is InChI=1S/2C18H20O2.6C8H11N/c2*19-16-8-4-14(5-9-16)18(12-2-1-3-13-18)15-6-10-17(20)11-7-15;6*1-6-4-3-5-7(2)8(6)9/h2*4-11,19-20H,1-3,12-13H2;6*3-5H,9H2,1-2H3. The molecular formula is C84H106N6O4. The molecule has 0 bridgehead atoms. The van der Waals surface area contributed by atoms with Crippen LogP contribution < -0.4 is 34.4 Å². The highest BCUT2D eigenvalue weighted by atomic mass is 16.3. The van der Waals surface area contributed by atoms with E-state index in [4.69, 9.17) is 34.4 Å². The molecule has 0 aromatic heterocycles. The van der Waals surface area contributed by atoms with Gasteiger partial charge in [-0.25, -0.2) is 0 Å². The number of hydrogen-bond donors (Lipinski definition) is 10. The summed E-state index contributed by atoms with van der Waals surface area (Å²) in [6, 6.07) is 66.7. The lowest BCUT2D eigenvalue weighted by molar-refractivity contribution is 0.345. The molecule has 0 radical (unpaired) electrons. The molecule has 10 heteroatoms. The fourth-order valence-corrected chi connectivity index (χ4v) is 11.9. The Morgan fingerprint density at radius 2 is 0.330 bits per heavy atom. The van der Waals surface area contributed by atoms with Gasteiger partial charge in [0, 0.05) is 45.0 Å². The number of phenols is 4. The van der Waals surface area contributed by atoms with Crippen molar-refractivity contribution < 1.29 is 20.4 Å². The van der Waals surface area contributed by atoms with E-state index >= 15 is 0 Å². The van der Waals surface area contributed by atoms with E-state index in [1.165, 1.54) is 60.8 Å². The molecule has 0 atom stereocenters. The van der Waals surface area contributed by atoms with Gasteiger partial charge in [-0.3, -0.25) is 0 Å². The third-order valence-electron chi connectivity index (χ3n) is 18.3. The molecule has 2 fully saturated rings. The molecule has 0 spiro atoms. The first-order valence-electron chi connectivity index (χ1n) is 32.8. The molecule has 16 N–H and O–H groups in total. The lowest BCUT2D eigenvalue weighted by Crippen LogP contribution is -2.30. The topological polar surface area (TPSA) is 237 Å². The molecule has 0 amide bonds. The van der Waals surface area contributed by atoms with Crippen LogP contribution in [0, 0.1) is 83.1 Å². The smallest absolute Gasteiger partial charge is 0.115 e. The summed E-state index contributed by atoms with van der Waals surface area (Å²) in [6.07, 6.45) is 12.0. The summed E-state index contributed by atoms with van der Waals surface area (Å²) in [5.74, 6) is 1.24. The highest BCUT2D eigenvalue weighted by molar-refractivity contribution is 5.56. The maximum Gasteiger partial charge on any atom is 0.115 e. The van der Waals surface area contributed by atoms with Crippen LogP contribution in [-0.4, -0.2) is 20.4 Å². The number of phenolic OH excluding ortho intramolecular Hbond substituents is 4. The monoisotopic (exact) mass is 1260 g/mol. The van der Waals surface area contributed by atoms with Gasteiger partial charge in [-0.1, -0.05) is 196 Å². The first kappa shape index (κ1) is 74.9. The van der Waals surface area contributed by atoms with Crippen LogP contribution in [0.5, 0.6) is 23.0 Å². The van der Waals surface area contributed by atoms with E-state index in [-0.39, 0.29) is 10.8 Å². The molecule has 0 heterocycles. The zero-order chi connectivity index (χ0) is 69.1. The zero-order valence-electron chi connectivity index (χ0n) is 58.0. The van der Waals surface area contributed by atoms with Crippen LogP contribution in [0.4, 0.5) is 34.1 Å². The normalized spacial score (nSPS) is 13.1. The van der Waals surface area contributed by atoms with Crippen molar-refractivity contribution in [2.75, 3.05) is 34.4 Å². The van der Waals surface area contributed by atoms with Gasteiger partial charge >= 0.3 is 0 Å². The van der Waals surface area contributed by atoms with E-state index in [0.717, 1.165) is 127 Å². The molecule has 0 saturated heterocycles. The minimum absolute atomic E-state index is 0.0274. The molecule has 2 saturated carbocycles. The van der Waals surface area contributed by atoms with Gasteiger partial charge in [0.15, 0.2) is 0 Å². The number of rotatable bonds is 4. The predicted octanol–water partition coefficient (Wildman–Crippen LogP) is 20.0. The van der Waals surface area contributed by atoms with Gasteiger partial charge in [0.05, 0.1) is 0 Å². The summed E-state index contributed by atoms with van der Waals surface area (Å²) in [6.45, 7) is 24.2. The molecule has 94 heavy (non-hydrogen) atoms. The number of nitrogen functional groups attached to an aromatic ring is 6. The quantitative estimate of drug-likeness (QED) is 0.0748. The van der Waals surface area contributed by atoms with Crippen LogP contribution in [-0.2, 0) is 10.8 Å². The van der Waals surface area contributed by atoms with Crippen molar-refractivity contribution in [3.05, 3.63) is 295 Å². The number of para-hydroxylation sites is 6. The van der Waals surface area contributed by atoms with E-state index < -0.39 is 0 Å². The summed E-state index contributed by atoms with van der Waals surface area (Å²) in [5.41, 5.74) is 58.6. The summed E-state index contributed by atoms with van der Waals surface area (Å²) in [7, 11) is 0. The fourth-order valence-electron chi connectivity index (χ4n) is 11.9. The minimum atomic E-state index is 0.0274. The van der Waals surface area contributed by atoms with Crippen LogP contribution in [0.1, 0.15) is 153 Å². The molecule has 2 aliphatic rings. The van der Waals surface area contributed by atoms with Crippen molar-refractivity contribution >= 4 is 34.1 Å². The van der Waals surface area contributed by atoms with E-state index in [0.29, 0.717) is 23.0 Å². The van der Waals surface area contributed by atoms with Gasteiger partial charge in [0.25, 0.3) is 0 Å². The van der Waals surface area contributed by atoms with Gasteiger partial charge in [-0.05, 0) is 246 Å². The third-order valence-corrected chi connectivity index (χ3v) is 18.3. The number of nitrogens with two attached hydrogens (primary N) is 6. The zero-order valence-corrected chi connectivity index (χ0v) is 58.0. The van der Waals surface area contributed by atoms with E-state index in [1.54, 1.807) is 48.5 Å². The van der Waals surface area contributed by atoms with Crippen molar-refractivity contribution in [3.8, 4) is 23.0 Å². The SMILES string of the molecule is Cc1cccc(C)c1N.Cc1cccc(C)c1N.Cc1cccc(C)c1N.Cc1cccc(C)c1N.Cc1cccc(C)c1N.Cc1cccc(C)c1N.Oc1ccc(C2(c3ccc(O)cc3)CCCCC2)cc1.Oc1ccc(C2(c3ccc(O)cc3)CCCCC2)cc1. The largest absolute Gasteiger partial charge is 0.508 e. The highest BCUT2D eigenvalue weighted by Gasteiger charge is 2.37. The first-order valence-corrected chi connectivity index (χ1v) is 32.8. The number of hydrogen-bond acceptors (Lipinski definition) is 10.